The van der Waals surface area contributed by atoms with Crippen LogP contribution >= 0.6 is 0 Å². The van der Waals surface area contributed by atoms with Gasteiger partial charge >= 0.3 is 0 Å². The Morgan fingerprint density at radius 3 is 1.77 bits per heavy atom. The van der Waals surface area contributed by atoms with Gasteiger partial charge in [-0.2, -0.15) is 8.61 Å². The number of anilines is 1. The molecule has 39 heavy (non-hydrogen) atoms. The lowest BCUT2D eigenvalue weighted by atomic mass is 10.1. The number of hydrogen-bond donors (Lipinski definition) is 0. The number of benzene rings is 3. The van der Waals surface area contributed by atoms with Gasteiger partial charge in [0.1, 0.15) is 11.9 Å². The Morgan fingerprint density at radius 2 is 1.21 bits per heavy atom. The maximum Gasteiger partial charge on any atom is 0.243 e. The van der Waals surface area contributed by atoms with E-state index in [0.717, 1.165) is 9.99 Å². The first kappa shape index (κ1) is 27.3. The minimum atomic E-state index is -4.07. The molecule has 2 aliphatic rings. The predicted octanol–water partition coefficient (Wildman–Crippen LogP) is 2.24. The van der Waals surface area contributed by atoms with Crippen molar-refractivity contribution >= 4 is 31.6 Å². The molecule has 0 radical (unpaired) electrons. The predicted molar refractivity (Wildman–Crippen MR) is 145 cm³/mol. The molecule has 0 bridgehead atoms. The highest BCUT2D eigenvalue weighted by molar-refractivity contribution is 7.89. The third-order valence-electron chi connectivity index (χ3n) is 7.09. The number of nitrogens with zero attached hydrogens (tertiary/aromatic N) is 4. The number of carbonyl (C=O) groups excluding carboxylic acids is 1. The fourth-order valence-corrected chi connectivity index (χ4v) is 8.01. The van der Waals surface area contributed by atoms with Crippen LogP contribution in [0.1, 0.15) is 0 Å². The molecule has 0 aromatic heterocycles. The Labute approximate surface area is 228 Å². The quantitative estimate of drug-likeness (QED) is 0.450. The summed E-state index contributed by atoms with van der Waals surface area (Å²) in [5.74, 6) is -0.777. The van der Waals surface area contributed by atoms with Crippen molar-refractivity contribution in [3.05, 3.63) is 90.7 Å². The summed E-state index contributed by atoms with van der Waals surface area (Å²) >= 11 is 0. The van der Waals surface area contributed by atoms with Crippen LogP contribution in [0.15, 0.2) is 94.7 Å². The van der Waals surface area contributed by atoms with Crippen LogP contribution in [0.25, 0.3) is 0 Å². The van der Waals surface area contributed by atoms with Crippen LogP contribution in [0.5, 0.6) is 0 Å². The highest BCUT2D eigenvalue weighted by atomic mass is 32.2. The maximum atomic E-state index is 13.9. The van der Waals surface area contributed by atoms with E-state index < -0.39 is 32.0 Å². The first-order valence-electron chi connectivity index (χ1n) is 12.6. The van der Waals surface area contributed by atoms with Gasteiger partial charge in [0, 0.05) is 51.5 Å². The second kappa shape index (κ2) is 11.0. The summed E-state index contributed by atoms with van der Waals surface area (Å²) in [5.41, 5.74) is 0.828. The van der Waals surface area contributed by atoms with Crippen molar-refractivity contribution in [2.45, 2.75) is 15.8 Å². The number of sulfonamides is 2. The molecule has 2 fully saturated rings. The third kappa shape index (κ3) is 5.55. The van der Waals surface area contributed by atoms with Gasteiger partial charge in [-0.3, -0.25) is 4.79 Å². The van der Waals surface area contributed by atoms with Crippen molar-refractivity contribution in [3.63, 3.8) is 0 Å². The standard InChI is InChI=1S/C27H29FN4O5S2/c28-22-11-13-23(14-12-22)29-15-17-30(18-16-29)27(33)26-21-31(38(34,35)24-7-3-1-4-8-24)19-20-32(26)39(36,37)25-9-5-2-6-10-25/h1-14,26H,15-21H2/t26-/m1/s1. The van der Waals surface area contributed by atoms with E-state index >= 15 is 0 Å². The van der Waals surface area contributed by atoms with Gasteiger partial charge in [-0.25, -0.2) is 21.2 Å². The molecular weight excluding hydrogens is 543 g/mol. The summed E-state index contributed by atoms with van der Waals surface area (Å²) in [6, 6.07) is 20.6. The molecule has 2 saturated heterocycles. The fraction of sp³-hybridized carbons (Fsp3) is 0.296. The lowest BCUT2D eigenvalue weighted by Gasteiger charge is -2.43. The Kier molecular flexibility index (Phi) is 7.72. The average molecular weight is 573 g/mol. The van der Waals surface area contributed by atoms with Gasteiger partial charge in [0.2, 0.25) is 26.0 Å². The fourth-order valence-electron chi connectivity index (χ4n) is 4.97. The van der Waals surface area contributed by atoms with E-state index in [2.05, 4.69) is 0 Å². The van der Waals surface area contributed by atoms with Crippen molar-refractivity contribution in [3.8, 4) is 0 Å². The van der Waals surface area contributed by atoms with Crippen LogP contribution in [0.3, 0.4) is 0 Å². The molecule has 0 N–H and O–H groups in total. The largest absolute Gasteiger partial charge is 0.368 e. The van der Waals surface area contributed by atoms with E-state index in [1.54, 1.807) is 53.4 Å². The summed E-state index contributed by atoms with van der Waals surface area (Å²) in [5, 5.41) is 0. The minimum absolute atomic E-state index is 0.0447. The SMILES string of the molecule is O=C([C@H]1CN(S(=O)(=O)c2ccccc2)CCN1S(=O)(=O)c1ccccc1)N1CCN(c2ccc(F)cc2)CC1. The molecule has 12 heteroatoms. The van der Waals surface area contributed by atoms with Crippen LogP contribution in [-0.2, 0) is 24.8 Å². The monoisotopic (exact) mass is 572 g/mol. The maximum absolute atomic E-state index is 13.9. The van der Waals surface area contributed by atoms with Crippen LogP contribution in [-0.4, -0.2) is 88.1 Å². The number of amides is 1. The average Bonchev–Trinajstić information content (AvgIpc) is 2.98. The zero-order valence-electron chi connectivity index (χ0n) is 21.1. The van der Waals surface area contributed by atoms with Gasteiger partial charge in [0.05, 0.1) is 9.79 Å². The van der Waals surface area contributed by atoms with E-state index in [1.807, 2.05) is 4.90 Å². The summed E-state index contributed by atoms with van der Waals surface area (Å²) in [4.78, 5) is 17.6. The van der Waals surface area contributed by atoms with Crippen molar-refractivity contribution in [1.82, 2.24) is 13.5 Å². The zero-order valence-corrected chi connectivity index (χ0v) is 22.8. The Morgan fingerprint density at radius 1 is 0.667 bits per heavy atom. The van der Waals surface area contributed by atoms with Gasteiger partial charge in [0.15, 0.2) is 0 Å². The van der Waals surface area contributed by atoms with Crippen LogP contribution < -0.4 is 4.90 Å². The molecule has 0 aliphatic carbocycles. The summed E-state index contributed by atoms with van der Waals surface area (Å²) < 4.78 is 69.7. The van der Waals surface area contributed by atoms with Crippen LogP contribution in [0.2, 0.25) is 0 Å². The molecule has 2 aliphatic heterocycles. The van der Waals surface area contributed by atoms with Gasteiger partial charge in [-0.15, -0.1) is 0 Å². The molecule has 1 atom stereocenters. The minimum Gasteiger partial charge on any atom is -0.368 e. The highest BCUT2D eigenvalue weighted by Crippen LogP contribution is 2.27. The number of piperazine rings is 2. The van der Waals surface area contributed by atoms with Gasteiger partial charge in [-0.1, -0.05) is 36.4 Å². The van der Waals surface area contributed by atoms with Crippen molar-refractivity contribution in [2.75, 3.05) is 50.7 Å². The molecule has 0 saturated carbocycles. The van der Waals surface area contributed by atoms with E-state index in [9.17, 15) is 26.0 Å². The second-order valence-electron chi connectivity index (χ2n) is 9.41. The van der Waals surface area contributed by atoms with Gasteiger partial charge < -0.3 is 9.80 Å². The first-order chi connectivity index (χ1) is 18.7. The summed E-state index contributed by atoms with van der Waals surface area (Å²) in [6.45, 7) is 1.05. The molecule has 5 rings (SSSR count). The van der Waals surface area contributed by atoms with E-state index in [0.29, 0.717) is 26.2 Å². The number of carbonyl (C=O) groups is 1. The molecule has 206 valence electrons. The van der Waals surface area contributed by atoms with Gasteiger partial charge in [0.25, 0.3) is 0 Å². The molecule has 9 nitrogen and oxygen atoms in total. The lowest BCUT2D eigenvalue weighted by molar-refractivity contribution is -0.136. The van der Waals surface area contributed by atoms with Crippen molar-refractivity contribution < 1.29 is 26.0 Å². The van der Waals surface area contributed by atoms with Crippen molar-refractivity contribution in [2.24, 2.45) is 0 Å². The molecular formula is C27H29FN4O5S2. The normalized spacial score (nSPS) is 19.7. The van der Waals surface area contributed by atoms with Crippen LogP contribution in [0.4, 0.5) is 10.1 Å². The summed E-state index contributed by atoms with van der Waals surface area (Å²) in [7, 11) is -8.01. The Bertz CT molecular complexity index is 1510. The number of rotatable bonds is 6. The van der Waals surface area contributed by atoms with E-state index in [1.165, 1.54) is 40.7 Å². The molecule has 0 spiro atoms. The lowest BCUT2D eigenvalue weighted by Crippen LogP contribution is -2.63. The zero-order chi connectivity index (χ0) is 27.6. The van der Waals surface area contributed by atoms with E-state index in [-0.39, 0.29) is 35.2 Å². The molecule has 2 heterocycles. The third-order valence-corrected chi connectivity index (χ3v) is 10.9. The molecule has 0 unspecified atom stereocenters. The highest BCUT2D eigenvalue weighted by Gasteiger charge is 2.45. The van der Waals surface area contributed by atoms with E-state index in [4.69, 9.17) is 0 Å². The topological polar surface area (TPSA) is 98.3 Å². The smallest absolute Gasteiger partial charge is 0.243 e. The molecule has 1 amide bonds. The number of halogens is 1. The molecule has 3 aromatic carbocycles. The van der Waals surface area contributed by atoms with Crippen LogP contribution in [0, 0.1) is 5.82 Å². The second-order valence-corrected chi connectivity index (χ2v) is 13.2. The molecule has 3 aromatic rings. The Hall–Kier alpha value is -3.32. The summed E-state index contributed by atoms with van der Waals surface area (Å²) in [6.07, 6.45) is 0. The first-order valence-corrected chi connectivity index (χ1v) is 15.5. The van der Waals surface area contributed by atoms with Crippen molar-refractivity contribution in [1.29, 1.82) is 0 Å². The number of hydrogen-bond acceptors (Lipinski definition) is 6. The van der Waals surface area contributed by atoms with Gasteiger partial charge in [-0.05, 0) is 48.5 Å². The Balaban J connectivity index is 1.40.